The molecule has 106 valence electrons. The summed E-state index contributed by atoms with van der Waals surface area (Å²) in [5, 5.41) is 12.1. The first-order chi connectivity index (χ1) is 10.1. The first-order valence-corrected chi connectivity index (χ1v) is 7.41. The standard InChI is InChI=1S/C17H15BrN2O/c1-12(13-7-9-15(18)10-8-13)20-17(21)16(11-19)14-5-3-2-4-6-14/h2-10,12,16H,1H3,(H,20,21)/t12-,16?/m1/s1. The number of hydrogen-bond acceptors (Lipinski definition) is 2. The lowest BCUT2D eigenvalue weighted by Gasteiger charge is -2.17. The maximum absolute atomic E-state index is 12.3. The number of rotatable bonds is 4. The molecule has 0 saturated carbocycles. The number of nitrogens with one attached hydrogen (secondary N) is 1. The van der Waals surface area contributed by atoms with E-state index in [9.17, 15) is 10.1 Å². The molecule has 0 radical (unpaired) electrons. The zero-order valence-electron chi connectivity index (χ0n) is 11.6. The van der Waals surface area contributed by atoms with Gasteiger partial charge < -0.3 is 5.32 Å². The van der Waals surface area contributed by atoms with E-state index in [2.05, 4.69) is 27.3 Å². The van der Waals surface area contributed by atoms with Crippen molar-refractivity contribution in [1.82, 2.24) is 5.32 Å². The first kappa shape index (κ1) is 15.3. The average Bonchev–Trinajstić information content (AvgIpc) is 2.49. The van der Waals surface area contributed by atoms with Gasteiger partial charge in [0.15, 0.2) is 0 Å². The third-order valence-electron chi connectivity index (χ3n) is 3.25. The smallest absolute Gasteiger partial charge is 0.242 e. The van der Waals surface area contributed by atoms with Crippen molar-refractivity contribution in [3.8, 4) is 6.07 Å². The second-order valence-electron chi connectivity index (χ2n) is 4.75. The quantitative estimate of drug-likeness (QED) is 0.914. The van der Waals surface area contributed by atoms with E-state index in [1.165, 1.54) is 0 Å². The van der Waals surface area contributed by atoms with Gasteiger partial charge in [-0.15, -0.1) is 0 Å². The first-order valence-electron chi connectivity index (χ1n) is 6.62. The number of benzene rings is 2. The molecule has 0 bridgehead atoms. The van der Waals surface area contributed by atoms with Gasteiger partial charge in [0, 0.05) is 4.47 Å². The largest absolute Gasteiger partial charge is 0.348 e. The molecule has 2 aromatic carbocycles. The summed E-state index contributed by atoms with van der Waals surface area (Å²) >= 11 is 3.38. The molecule has 0 aromatic heterocycles. The Kier molecular flexibility index (Phi) is 5.13. The summed E-state index contributed by atoms with van der Waals surface area (Å²) in [4.78, 5) is 12.3. The predicted molar refractivity (Wildman–Crippen MR) is 85.5 cm³/mol. The number of carbonyl (C=O) groups is 1. The minimum absolute atomic E-state index is 0.148. The lowest BCUT2D eigenvalue weighted by atomic mass is 9.99. The second kappa shape index (κ2) is 7.05. The minimum atomic E-state index is -0.788. The summed E-state index contributed by atoms with van der Waals surface area (Å²) in [6, 6.07) is 18.7. The average molecular weight is 343 g/mol. The Hall–Kier alpha value is -2.12. The molecule has 0 spiro atoms. The van der Waals surface area contributed by atoms with Crippen LogP contribution in [0.1, 0.15) is 30.0 Å². The van der Waals surface area contributed by atoms with Crippen molar-refractivity contribution in [3.63, 3.8) is 0 Å². The molecule has 1 N–H and O–H groups in total. The second-order valence-corrected chi connectivity index (χ2v) is 5.67. The fourth-order valence-electron chi connectivity index (χ4n) is 2.06. The fourth-order valence-corrected chi connectivity index (χ4v) is 2.33. The lowest BCUT2D eigenvalue weighted by molar-refractivity contribution is -0.122. The molecule has 2 atom stereocenters. The Morgan fingerprint density at radius 3 is 2.29 bits per heavy atom. The van der Waals surface area contributed by atoms with Gasteiger partial charge in [-0.3, -0.25) is 4.79 Å². The van der Waals surface area contributed by atoms with Gasteiger partial charge in [0.25, 0.3) is 0 Å². The van der Waals surface area contributed by atoms with E-state index in [0.717, 1.165) is 10.0 Å². The van der Waals surface area contributed by atoms with Crippen LogP contribution in [0.3, 0.4) is 0 Å². The molecule has 2 aromatic rings. The van der Waals surface area contributed by atoms with E-state index in [0.29, 0.717) is 5.56 Å². The van der Waals surface area contributed by atoms with E-state index in [1.807, 2.05) is 49.4 Å². The van der Waals surface area contributed by atoms with E-state index in [-0.39, 0.29) is 11.9 Å². The molecule has 0 aliphatic rings. The van der Waals surface area contributed by atoms with Crippen molar-refractivity contribution in [3.05, 3.63) is 70.2 Å². The normalized spacial score (nSPS) is 13.0. The topological polar surface area (TPSA) is 52.9 Å². The zero-order chi connectivity index (χ0) is 15.2. The highest BCUT2D eigenvalue weighted by atomic mass is 79.9. The number of nitriles is 1. The number of halogens is 1. The van der Waals surface area contributed by atoms with Crippen LogP contribution in [0.25, 0.3) is 0 Å². The molecule has 21 heavy (non-hydrogen) atoms. The van der Waals surface area contributed by atoms with Gasteiger partial charge in [-0.1, -0.05) is 58.4 Å². The third kappa shape index (κ3) is 3.93. The van der Waals surface area contributed by atoms with Crippen LogP contribution in [-0.2, 0) is 4.79 Å². The molecule has 0 heterocycles. The maximum Gasteiger partial charge on any atom is 0.242 e. The molecular formula is C17H15BrN2O. The summed E-state index contributed by atoms with van der Waals surface area (Å²) in [6.07, 6.45) is 0. The Bertz CT molecular complexity index is 647. The Morgan fingerprint density at radius 1 is 1.10 bits per heavy atom. The zero-order valence-corrected chi connectivity index (χ0v) is 13.2. The highest BCUT2D eigenvalue weighted by molar-refractivity contribution is 9.10. The van der Waals surface area contributed by atoms with Crippen LogP contribution in [0.15, 0.2) is 59.1 Å². The summed E-state index contributed by atoms with van der Waals surface area (Å²) in [6.45, 7) is 1.90. The number of nitrogens with zero attached hydrogens (tertiary/aromatic N) is 1. The lowest BCUT2D eigenvalue weighted by Crippen LogP contribution is -2.31. The Morgan fingerprint density at radius 2 is 1.71 bits per heavy atom. The van der Waals surface area contributed by atoms with Gasteiger partial charge >= 0.3 is 0 Å². The van der Waals surface area contributed by atoms with E-state index in [1.54, 1.807) is 12.1 Å². The van der Waals surface area contributed by atoms with Gasteiger partial charge in [-0.2, -0.15) is 5.26 Å². The minimum Gasteiger partial charge on any atom is -0.348 e. The molecule has 2 rings (SSSR count). The van der Waals surface area contributed by atoms with Crippen LogP contribution in [0.4, 0.5) is 0 Å². The molecule has 0 saturated heterocycles. The summed E-state index contributed by atoms with van der Waals surface area (Å²) < 4.78 is 0.990. The summed E-state index contributed by atoms with van der Waals surface area (Å²) in [5.41, 5.74) is 1.71. The molecule has 1 unspecified atom stereocenters. The molecule has 0 aliphatic heterocycles. The molecule has 0 fully saturated rings. The van der Waals surface area contributed by atoms with Crippen molar-refractivity contribution in [2.24, 2.45) is 0 Å². The van der Waals surface area contributed by atoms with Crippen molar-refractivity contribution in [2.75, 3.05) is 0 Å². The van der Waals surface area contributed by atoms with Gasteiger partial charge in [0.1, 0.15) is 5.92 Å². The number of carbonyl (C=O) groups excluding carboxylic acids is 1. The van der Waals surface area contributed by atoms with Crippen LogP contribution in [0.5, 0.6) is 0 Å². The number of hydrogen-bond donors (Lipinski definition) is 1. The molecular weight excluding hydrogens is 328 g/mol. The maximum atomic E-state index is 12.3. The van der Waals surface area contributed by atoms with Gasteiger partial charge in [-0.05, 0) is 30.2 Å². The molecule has 4 heteroatoms. The predicted octanol–water partition coefficient (Wildman–Crippen LogP) is 3.93. The van der Waals surface area contributed by atoms with E-state index in [4.69, 9.17) is 0 Å². The van der Waals surface area contributed by atoms with Crippen LogP contribution >= 0.6 is 15.9 Å². The number of amides is 1. The van der Waals surface area contributed by atoms with E-state index >= 15 is 0 Å². The molecule has 3 nitrogen and oxygen atoms in total. The summed E-state index contributed by atoms with van der Waals surface area (Å²) in [5.74, 6) is -1.07. The van der Waals surface area contributed by atoms with Crippen molar-refractivity contribution < 1.29 is 4.79 Å². The van der Waals surface area contributed by atoms with Crippen LogP contribution < -0.4 is 5.32 Å². The third-order valence-corrected chi connectivity index (χ3v) is 3.78. The molecule has 1 amide bonds. The van der Waals surface area contributed by atoms with Crippen LogP contribution in [-0.4, -0.2) is 5.91 Å². The van der Waals surface area contributed by atoms with Gasteiger partial charge in [0.05, 0.1) is 12.1 Å². The monoisotopic (exact) mass is 342 g/mol. The SMILES string of the molecule is C[C@@H](NC(=O)C(C#N)c1ccccc1)c1ccc(Br)cc1. The fraction of sp³-hybridized carbons (Fsp3) is 0.176. The van der Waals surface area contributed by atoms with Crippen molar-refractivity contribution in [1.29, 1.82) is 5.26 Å². The molecule has 0 aliphatic carbocycles. The highest BCUT2D eigenvalue weighted by Crippen LogP contribution is 2.19. The van der Waals surface area contributed by atoms with Gasteiger partial charge in [0.2, 0.25) is 5.91 Å². The highest BCUT2D eigenvalue weighted by Gasteiger charge is 2.21. The Balaban J connectivity index is 2.09. The van der Waals surface area contributed by atoms with Crippen LogP contribution in [0.2, 0.25) is 0 Å². The Labute approximate surface area is 132 Å². The van der Waals surface area contributed by atoms with Gasteiger partial charge in [-0.25, -0.2) is 0 Å². The van der Waals surface area contributed by atoms with Crippen molar-refractivity contribution in [2.45, 2.75) is 18.9 Å². The van der Waals surface area contributed by atoms with E-state index < -0.39 is 5.92 Å². The van der Waals surface area contributed by atoms with Crippen molar-refractivity contribution >= 4 is 21.8 Å². The summed E-state index contributed by atoms with van der Waals surface area (Å²) in [7, 11) is 0. The van der Waals surface area contributed by atoms with Crippen LogP contribution in [0, 0.1) is 11.3 Å².